The highest BCUT2D eigenvalue weighted by molar-refractivity contribution is 5.81. The first-order valence-corrected chi connectivity index (χ1v) is 5.61. The van der Waals surface area contributed by atoms with Gasteiger partial charge in [0, 0.05) is 11.3 Å². The molecule has 96 valence electrons. The number of nitrogen functional groups attached to an aromatic ring is 2. The van der Waals surface area contributed by atoms with E-state index in [1.165, 1.54) is 12.4 Å². The Kier molecular flexibility index (Phi) is 2.52. The van der Waals surface area contributed by atoms with E-state index in [1.807, 2.05) is 0 Å². The van der Waals surface area contributed by atoms with Crippen LogP contribution in [0, 0.1) is 5.82 Å². The summed E-state index contributed by atoms with van der Waals surface area (Å²) in [7, 11) is 0. The molecule has 6 nitrogen and oxygen atoms in total. The monoisotopic (exact) mass is 258 g/mol. The Labute approximate surface area is 107 Å². The molecular weight excluding hydrogens is 247 g/mol. The molecule has 2 heterocycles. The lowest BCUT2D eigenvalue weighted by atomic mass is 10.1. The molecule has 7 heteroatoms. The van der Waals surface area contributed by atoms with E-state index in [-0.39, 0.29) is 12.4 Å². The average Bonchev–Trinajstić information content (AvgIpc) is 2.79. The fourth-order valence-electron chi connectivity index (χ4n) is 1.93. The van der Waals surface area contributed by atoms with Crippen molar-refractivity contribution in [2.45, 2.75) is 6.54 Å². The molecule has 2 aromatic heterocycles. The number of nitrogens with two attached hydrogens (primary N) is 2. The zero-order valence-electron chi connectivity index (χ0n) is 9.92. The Hall–Kier alpha value is -2.70. The lowest BCUT2D eigenvalue weighted by Crippen LogP contribution is -2.05. The summed E-state index contributed by atoms with van der Waals surface area (Å²) in [6.45, 7) is 0.242. The van der Waals surface area contributed by atoms with E-state index < -0.39 is 0 Å². The summed E-state index contributed by atoms with van der Waals surface area (Å²) in [5.41, 5.74) is 13.3. The lowest BCUT2D eigenvalue weighted by molar-refractivity contribution is 0.602. The summed E-state index contributed by atoms with van der Waals surface area (Å²) in [4.78, 5) is 12.1. The van der Waals surface area contributed by atoms with Crippen molar-refractivity contribution in [3.8, 4) is 0 Å². The van der Waals surface area contributed by atoms with Gasteiger partial charge in [-0.15, -0.1) is 0 Å². The first kappa shape index (κ1) is 11.4. The van der Waals surface area contributed by atoms with Crippen LogP contribution in [0.4, 0.5) is 15.9 Å². The normalized spacial score (nSPS) is 11.0. The van der Waals surface area contributed by atoms with Crippen LogP contribution >= 0.6 is 0 Å². The summed E-state index contributed by atoms with van der Waals surface area (Å²) in [6, 6.07) is 4.59. The fourth-order valence-corrected chi connectivity index (χ4v) is 1.93. The predicted octanol–water partition coefficient (Wildman–Crippen LogP) is 1.18. The third kappa shape index (κ3) is 1.85. The molecule has 0 spiro atoms. The molecule has 0 saturated carbocycles. The van der Waals surface area contributed by atoms with Crippen LogP contribution in [0.25, 0.3) is 11.2 Å². The number of fused-ring (bicyclic) bond motifs is 1. The van der Waals surface area contributed by atoms with Gasteiger partial charge in [0.15, 0.2) is 11.5 Å². The highest BCUT2D eigenvalue weighted by atomic mass is 19.1. The molecule has 19 heavy (non-hydrogen) atoms. The third-order valence-electron chi connectivity index (χ3n) is 2.91. The second-order valence-corrected chi connectivity index (χ2v) is 4.11. The minimum absolute atomic E-state index is 0.242. The number of halogens is 1. The number of hydrogen-bond acceptors (Lipinski definition) is 5. The van der Waals surface area contributed by atoms with Gasteiger partial charge in [0.1, 0.15) is 17.7 Å². The summed E-state index contributed by atoms with van der Waals surface area (Å²) >= 11 is 0. The molecule has 0 atom stereocenters. The van der Waals surface area contributed by atoms with Gasteiger partial charge < -0.3 is 16.0 Å². The van der Waals surface area contributed by atoms with Crippen LogP contribution in [0.2, 0.25) is 0 Å². The van der Waals surface area contributed by atoms with Gasteiger partial charge in [-0.3, -0.25) is 0 Å². The van der Waals surface area contributed by atoms with E-state index in [0.29, 0.717) is 28.2 Å². The van der Waals surface area contributed by atoms with Crippen molar-refractivity contribution < 1.29 is 4.39 Å². The van der Waals surface area contributed by atoms with E-state index >= 15 is 0 Å². The van der Waals surface area contributed by atoms with Crippen LogP contribution in [0.5, 0.6) is 0 Å². The Morgan fingerprint density at radius 2 is 2.00 bits per heavy atom. The Morgan fingerprint density at radius 3 is 2.79 bits per heavy atom. The number of nitrogens with zero attached hydrogens (tertiary/aromatic N) is 4. The summed E-state index contributed by atoms with van der Waals surface area (Å²) in [5.74, 6) is -0.0610. The Morgan fingerprint density at radius 1 is 1.16 bits per heavy atom. The van der Waals surface area contributed by atoms with Crippen molar-refractivity contribution in [1.29, 1.82) is 0 Å². The van der Waals surface area contributed by atoms with Crippen molar-refractivity contribution in [2.75, 3.05) is 11.5 Å². The minimum atomic E-state index is -0.358. The summed E-state index contributed by atoms with van der Waals surface area (Å²) < 4.78 is 15.4. The van der Waals surface area contributed by atoms with E-state index in [9.17, 15) is 4.39 Å². The first-order chi connectivity index (χ1) is 9.16. The molecule has 4 N–H and O–H groups in total. The molecule has 1 aromatic carbocycles. The van der Waals surface area contributed by atoms with Gasteiger partial charge in [0.25, 0.3) is 0 Å². The molecule has 0 saturated heterocycles. The van der Waals surface area contributed by atoms with Crippen LogP contribution in [0.1, 0.15) is 5.56 Å². The van der Waals surface area contributed by atoms with Crippen molar-refractivity contribution >= 4 is 22.7 Å². The average molecular weight is 258 g/mol. The second-order valence-electron chi connectivity index (χ2n) is 4.11. The van der Waals surface area contributed by atoms with Gasteiger partial charge in [-0.05, 0) is 12.1 Å². The zero-order chi connectivity index (χ0) is 13.4. The highest BCUT2D eigenvalue weighted by Gasteiger charge is 2.11. The van der Waals surface area contributed by atoms with Gasteiger partial charge in [-0.25, -0.2) is 19.3 Å². The molecular formula is C12H11FN6. The molecule has 0 radical (unpaired) electrons. The molecule has 3 aromatic rings. The lowest BCUT2D eigenvalue weighted by Gasteiger charge is -2.08. The van der Waals surface area contributed by atoms with Crippen LogP contribution in [0.15, 0.2) is 30.9 Å². The standard InChI is InChI=1S/C12H11FN6/c13-8-2-1-3-9(14)7(8)4-19-6-18-10-11(15)16-5-17-12(10)19/h1-3,5-6H,4,14H2,(H2,15,16,17). The maximum atomic E-state index is 13.8. The van der Waals surface area contributed by atoms with Gasteiger partial charge in [0.2, 0.25) is 0 Å². The molecule has 3 rings (SSSR count). The molecule has 0 fully saturated rings. The molecule has 0 unspecified atom stereocenters. The van der Waals surface area contributed by atoms with Gasteiger partial charge >= 0.3 is 0 Å². The maximum absolute atomic E-state index is 13.8. The minimum Gasteiger partial charge on any atom is -0.398 e. The third-order valence-corrected chi connectivity index (χ3v) is 2.91. The van der Waals surface area contributed by atoms with Crippen molar-refractivity contribution in [2.24, 2.45) is 0 Å². The summed E-state index contributed by atoms with van der Waals surface area (Å²) in [5, 5.41) is 0. The molecule has 0 aliphatic heterocycles. The highest BCUT2D eigenvalue weighted by Crippen LogP contribution is 2.20. The van der Waals surface area contributed by atoms with E-state index in [1.54, 1.807) is 23.0 Å². The Bertz CT molecular complexity index is 731. The van der Waals surface area contributed by atoms with Gasteiger partial charge in [0.05, 0.1) is 12.9 Å². The quantitative estimate of drug-likeness (QED) is 0.673. The zero-order valence-corrected chi connectivity index (χ0v) is 9.92. The smallest absolute Gasteiger partial charge is 0.165 e. The maximum Gasteiger partial charge on any atom is 0.165 e. The van der Waals surface area contributed by atoms with Crippen molar-refractivity contribution in [1.82, 2.24) is 19.5 Å². The number of hydrogen-bond donors (Lipinski definition) is 2. The number of rotatable bonds is 2. The van der Waals surface area contributed by atoms with Crippen molar-refractivity contribution in [3.05, 3.63) is 42.2 Å². The SMILES string of the molecule is Nc1cccc(F)c1Cn1cnc2c(N)ncnc21. The topological polar surface area (TPSA) is 95.6 Å². The second kappa shape index (κ2) is 4.20. The number of imidazole rings is 1. The van der Waals surface area contributed by atoms with Crippen molar-refractivity contribution in [3.63, 3.8) is 0 Å². The summed E-state index contributed by atoms with van der Waals surface area (Å²) in [6.07, 6.45) is 2.89. The van der Waals surface area contributed by atoms with Crippen LogP contribution in [0.3, 0.4) is 0 Å². The van der Waals surface area contributed by atoms with E-state index in [4.69, 9.17) is 11.5 Å². The fraction of sp³-hybridized carbons (Fsp3) is 0.0833. The van der Waals surface area contributed by atoms with Gasteiger partial charge in [-0.1, -0.05) is 6.07 Å². The molecule has 0 amide bonds. The van der Waals surface area contributed by atoms with E-state index in [2.05, 4.69) is 15.0 Å². The van der Waals surface area contributed by atoms with Crippen LogP contribution in [-0.2, 0) is 6.54 Å². The van der Waals surface area contributed by atoms with Crippen LogP contribution < -0.4 is 11.5 Å². The number of benzene rings is 1. The first-order valence-electron chi connectivity index (χ1n) is 5.61. The Balaban J connectivity index is 2.09. The largest absolute Gasteiger partial charge is 0.398 e. The molecule has 0 aliphatic carbocycles. The van der Waals surface area contributed by atoms with Gasteiger partial charge in [-0.2, -0.15) is 0 Å². The van der Waals surface area contributed by atoms with Crippen LogP contribution in [-0.4, -0.2) is 19.5 Å². The number of aromatic nitrogens is 4. The number of anilines is 2. The molecule has 0 bridgehead atoms. The van der Waals surface area contributed by atoms with E-state index in [0.717, 1.165) is 0 Å². The molecule has 0 aliphatic rings. The predicted molar refractivity (Wildman–Crippen MR) is 69.6 cm³/mol.